The molecule has 45 heavy (non-hydrogen) atoms. The summed E-state index contributed by atoms with van der Waals surface area (Å²) in [4.78, 5) is 54.4. The number of thioether (sulfide) groups is 1. The highest BCUT2D eigenvalue weighted by Gasteiger charge is 2.40. The molecule has 1 aliphatic heterocycles. The average molecular weight is 725 g/mol. The van der Waals surface area contributed by atoms with Crippen molar-refractivity contribution in [3.8, 4) is 5.75 Å². The number of benzene rings is 4. The van der Waals surface area contributed by atoms with Crippen molar-refractivity contribution in [2.45, 2.75) is 16.6 Å². The van der Waals surface area contributed by atoms with Crippen LogP contribution in [0.2, 0.25) is 10.0 Å². The smallest absolute Gasteiger partial charge is 0.272 e. The fourth-order valence-corrected chi connectivity index (χ4v) is 6.30. The van der Waals surface area contributed by atoms with Crippen molar-refractivity contribution in [1.82, 2.24) is 5.32 Å². The van der Waals surface area contributed by atoms with Gasteiger partial charge in [0, 0.05) is 32.6 Å². The first kappa shape index (κ1) is 32.3. The van der Waals surface area contributed by atoms with Crippen molar-refractivity contribution < 1.29 is 23.9 Å². The number of nitrogens with zero attached hydrogens (tertiary/aromatic N) is 1. The Kier molecular flexibility index (Phi) is 10.3. The van der Waals surface area contributed by atoms with Crippen molar-refractivity contribution in [2.24, 2.45) is 0 Å². The fraction of sp³-hybridized carbons (Fsp3) is 0.0909. The van der Waals surface area contributed by atoms with Crippen molar-refractivity contribution in [3.05, 3.63) is 122 Å². The van der Waals surface area contributed by atoms with Gasteiger partial charge in [0.05, 0.1) is 28.1 Å². The van der Waals surface area contributed by atoms with E-state index in [1.54, 1.807) is 78.9 Å². The van der Waals surface area contributed by atoms with Gasteiger partial charge in [0.25, 0.3) is 11.8 Å². The van der Waals surface area contributed by atoms with Gasteiger partial charge in [-0.1, -0.05) is 63.4 Å². The van der Waals surface area contributed by atoms with E-state index in [-0.39, 0.29) is 29.0 Å². The molecular formula is C33H24BrCl2N3O5S. The van der Waals surface area contributed by atoms with Gasteiger partial charge in [-0.2, -0.15) is 0 Å². The van der Waals surface area contributed by atoms with Crippen molar-refractivity contribution in [2.75, 3.05) is 17.3 Å². The topological polar surface area (TPSA) is 105 Å². The molecule has 4 amide bonds. The van der Waals surface area contributed by atoms with Gasteiger partial charge in [0.1, 0.15) is 11.4 Å². The number of imide groups is 1. The molecule has 4 aromatic rings. The van der Waals surface area contributed by atoms with E-state index in [0.717, 1.165) is 9.37 Å². The van der Waals surface area contributed by atoms with Crippen molar-refractivity contribution in [3.63, 3.8) is 0 Å². The van der Waals surface area contributed by atoms with Crippen molar-refractivity contribution in [1.29, 1.82) is 0 Å². The standard InChI is InChI=1S/C33H24BrCl2N3O5S/c1-44-28-13-10-21(34)14-20(28)15-27(38-31(41)19-6-3-2-4-7-19)32(42)37-22-8-5-9-24(16-22)45-29-18-30(40)39(33(29)43)23-11-12-25(35)26(36)17-23/h2-17,29H,18H2,1H3,(H,37,42)(H,38,41). The van der Waals surface area contributed by atoms with Crippen LogP contribution >= 0.6 is 50.9 Å². The number of anilines is 2. The van der Waals surface area contributed by atoms with E-state index >= 15 is 0 Å². The molecule has 0 aliphatic carbocycles. The molecule has 1 fully saturated rings. The minimum atomic E-state index is -0.678. The molecule has 1 saturated heterocycles. The average Bonchev–Trinajstić information content (AvgIpc) is 3.30. The highest BCUT2D eigenvalue weighted by molar-refractivity contribution is 9.10. The lowest BCUT2D eigenvalue weighted by Gasteiger charge is -2.16. The second-order valence-corrected chi connectivity index (χ2v) is 12.7. The molecule has 1 unspecified atom stereocenters. The maximum atomic E-state index is 13.6. The third-order valence-electron chi connectivity index (χ3n) is 6.66. The predicted molar refractivity (Wildman–Crippen MR) is 181 cm³/mol. The van der Waals surface area contributed by atoms with Crippen LogP contribution in [-0.4, -0.2) is 36.0 Å². The molecule has 228 valence electrons. The number of carbonyl (C=O) groups is 4. The predicted octanol–water partition coefficient (Wildman–Crippen LogP) is 7.60. The van der Waals surface area contributed by atoms with Crippen LogP contribution in [0.25, 0.3) is 6.08 Å². The van der Waals surface area contributed by atoms with Crippen LogP contribution in [0.4, 0.5) is 11.4 Å². The van der Waals surface area contributed by atoms with Gasteiger partial charge in [-0.25, -0.2) is 4.90 Å². The third kappa shape index (κ3) is 7.77. The first-order chi connectivity index (χ1) is 21.6. The quantitative estimate of drug-likeness (QED) is 0.136. The Balaban J connectivity index is 1.36. The van der Waals surface area contributed by atoms with Crippen LogP contribution in [0.3, 0.4) is 0 Å². The molecule has 12 heteroatoms. The van der Waals surface area contributed by atoms with Gasteiger partial charge in [0.2, 0.25) is 11.8 Å². The van der Waals surface area contributed by atoms with Crippen LogP contribution in [-0.2, 0) is 14.4 Å². The van der Waals surface area contributed by atoms with Gasteiger partial charge in [-0.3, -0.25) is 19.2 Å². The van der Waals surface area contributed by atoms with Crippen LogP contribution in [0.5, 0.6) is 5.75 Å². The van der Waals surface area contributed by atoms with Crippen LogP contribution in [0.1, 0.15) is 22.3 Å². The zero-order valence-electron chi connectivity index (χ0n) is 23.6. The molecule has 0 bridgehead atoms. The van der Waals surface area contributed by atoms with E-state index in [1.165, 1.54) is 37.1 Å². The number of carbonyl (C=O) groups excluding carboxylic acids is 4. The lowest BCUT2D eigenvalue weighted by molar-refractivity contribution is -0.121. The largest absolute Gasteiger partial charge is 0.496 e. The van der Waals surface area contributed by atoms with Crippen molar-refractivity contribution >= 4 is 92.0 Å². The Morgan fingerprint density at radius 2 is 1.73 bits per heavy atom. The number of methoxy groups -OCH3 is 1. The van der Waals surface area contributed by atoms with E-state index in [1.807, 2.05) is 0 Å². The zero-order valence-corrected chi connectivity index (χ0v) is 27.5. The lowest BCUT2D eigenvalue weighted by Crippen LogP contribution is -2.31. The number of rotatable bonds is 9. The lowest BCUT2D eigenvalue weighted by atomic mass is 10.1. The van der Waals surface area contributed by atoms with E-state index in [2.05, 4.69) is 26.6 Å². The number of nitrogens with one attached hydrogen (secondary N) is 2. The minimum Gasteiger partial charge on any atom is -0.496 e. The maximum absolute atomic E-state index is 13.6. The molecule has 1 heterocycles. The van der Waals surface area contributed by atoms with E-state index in [9.17, 15) is 19.2 Å². The second-order valence-electron chi connectivity index (χ2n) is 9.72. The monoisotopic (exact) mass is 723 g/mol. The van der Waals surface area contributed by atoms with Gasteiger partial charge < -0.3 is 15.4 Å². The third-order valence-corrected chi connectivity index (χ3v) is 9.07. The van der Waals surface area contributed by atoms with E-state index in [0.29, 0.717) is 38.2 Å². The summed E-state index contributed by atoms with van der Waals surface area (Å²) >= 11 is 16.7. The minimum absolute atomic E-state index is 0.00674. The Bertz CT molecular complexity index is 1840. The summed E-state index contributed by atoms with van der Waals surface area (Å²) in [7, 11) is 1.51. The molecule has 2 N–H and O–H groups in total. The summed E-state index contributed by atoms with van der Waals surface area (Å²) in [6.45, 7) is 0. The van der Waals surface area contributed by atoms with Gasteiger partial charge in [-0.05, 0) is 72.8 Å². The highest BCUT2D eigenvalue weighted by Crippen LogP contribution is 2.36. The summed E-state index contributed by atoms with van der Waals surface area (Å²) in [6, 6.07) is 25.3. The molecule has 0 saturated carbocycles. The van der Waals surface area contributed by atoms with Gasteiger partial charge in [0.15, 0.2) is 0 Å². The van der Waals surface area contributed by atoms with Crippen LogP contribution in [0, 0.1) is 0 Å². The normalized spacial score (nSPS) is 14.8. The molecule has 8 nitrogen and oxygen atoms in total. The molecule has 1 aliphatic rings. The van der Waals surface area contributed by atoms with Gasteiger partial charge >= 0.3 is 0 Å². The fourth-order valence-electron chi connectivity index (χ4n) is 4.52. The molecule has 0 aromatic heterocycles. The number of amides is 4. The number of hydrogen-bond acceptors (Lipinski definition) is 6. The van der Waals surface area contributed by atoms with E-state index in [4.69, 9.17) is 27.9 Å². The summed E-state index contributed by atoms with van der Waals surface area (Å²) in [5.41, 5.74) is 1.69. The molecule has 1 atom stereocenters. The van der Waals surface area contributed by atoms with Gasteiger partial charge in [-0.15, -0.1) is 11.8 Å². The Morgan fingerprint density at radius 1 is 0.956 bits per heavy atom. The number of ether oxygens (including phenoxy) is 1. The first-order valence-electron chi connectivity index (χ1n) is 13.4. The molecule has 0 radical (unpaired) electrons. The first-order valence-corrected chi connectivity index (χ1v) is 15.9. The molecular weight excluding hydrogens is 701 g/mol. The summed E-state index contributed by atoms with van der Waals surface area (Å²) in [5.74, 6) is -1.28. The Hall–Kier alpha value is -4.09. The molecule has 4 aromatic carbocycles. The SMILES string of the molecule is COc1ccc(Br)cc1C=C(NC(=O)c1ccccc1)C(=O)Nc1cccc(SC2CC(=O)N(c3ccc(Cl)c(Cl)c3)C2=O)c1. The summed E-state index contributed by atoms with van der Waals surface area (Å²) in [6.07, 6.45) is 1.52. The van der Waals surface area contributed by atoms with Crippen LogP contribution in [0.15, 0.2) is 106 Å². The second kappa shape index (κ2) is 14.3. The number of halogens is 3. The zero-order chi connectivity index (χ0) is 32.1. The summed E-state index contributed by atoms with van der Waals surface area (Å²) in [5, 5.41) is 5.41. The molecule has 0 spiro atoms. The summed E-state index contributed by atoms with van der Waals surface area (Å²) < 4.78 is 6.21. The Morgan fingerprint density at radius 3 is 2.47 bits per heavy atom. The molecule has 5 rings (SSSR count). The maximum Gasteiger partial charge on any atom is 0.272 e. The highest BCUT2D eigenvalue weighted by atomic mass is 79.9. The Labute approximate surface area is 281 Å². The van der Waals surface area contributed by atoms with E-state index < -0.39 is 17.1 Å². The number of hydrogen-bond donors (Lipinski definition) is 2. The van der Waals surface area contributed by atoms with Crippen LogP contribution < -0.4 is 20.3 Å².